The normalized spacial score (nSPS) is 11.0. The van der Waals surface area contributed by atoms with Gasteiger partial charge in [-0.05, 0) is 13.8 Å². The summed E-state index contributed by atoms with van der Waals surface area (Å²) in [6.07, 6.45) is 0. The van der Waals surface area contributed by atoms with E-state index in [-0.39, 0.29) is 11.6 Å². The number of rotatable bonds is 3. The van der Waals surface area contributed by atoms with E-state index in [1.54, 1.807) is 0 Å². The molecule has 0 unspecified atom stereocenters. The first-order chi connectivity index (χ1) is 12.6. The van der Waals surface area contributed by atoms with Crippen molar-refractivity contribution in [2.24, 2.45) is 0 Å². The smallest absolute Gasteiger partial charge is 0.215 e. The van der Waals surface area contributed by atoms with E-state index in [2.05, 4.69) is 9.97 Å². The van der Waals surface area contributed by atoms with Gasteiger partial charge in [-0.3, -0.25) is 0 Å². The van der Waals surface area contributed by atoms with Crippen molar-refractivity contribution in [3.8, 4) is 34.2 Å². The van der Waals surface area contributed by atoms with Crippen LogP contribution in [-0.2, 0) is 0 Å². The highest BCUT2D eigenvalue weighted by Crippen LogP contribution is 2.31. The zero-order valence-corrected chi connectivity index (χ0v) is 14.5. The Labute approximate surface area is 150 Å². The average molecular weight is 346 g/mol. The summed E-state index contributed by atoms with van der Waals surface area (Å²) in [4.78, 5) is 8.87. The number of nitrogens with zero attached hydrogens (tertiary/aromatic N) is 4. The van der Waals surface area contributed by atoms with Gasteiger partial charge in [-0.25, -0.2) is 9.97 Å². The van der Waals surface area contributed by atoms with Crippen molar-refractivity contribution >= 4 is 0 Å². The molecule has 0 aliphatic heterocycles. The van der Waals surface area contributed by atoms with Crippen LogP contribution in [0.1, 0.15) is 11.4 Å². The minimum atomic E-state index is 0.189. The Morgan fingerprint density at radius 1 is 0.615 bits per heavy atom. The van der Waals surface area contributed by atoms with Crippen LogP contribution in [0.2, 0.25) is 0 Å². The topological polar surface area (TPSA) is 76.1 Å². The first-order valence-corrected chi connectivity index (χ1v) is 8.26. The quantitative estimate of drug-likeness (QED) is 0.546. The van der Waals surface area contributed by atoms with Crippen LogP contribution < -0.4 is 0 Å². The van der Waals surface area contributed by atoms with E-state index >= 15 is 0 Å². The summed E-state index contributed by atoms with van der Waals surface area (Å²) in [5.41, 5.74) is 4.11. The summed E-state index contributed by atoms with van der Waals surface area (Å²) < 4.78 is 1.96. The Balaban J connectivity index is 1.88. The predicted molar refractivity (Wildman–Crippen MR) is 98.2 cm³/mol. The molecule has 0 radical (unpaired) electrons. The third kappa shape index (κ3) is 2.43. The average Bonchev–Trinajstić information content (AvgIpc) is 3.11. The van der Waals surface area contributed by atoms with Gasteiger partial charge < -0.3 is 10.4 Å². The van der Waals surface area contributed by atoms with Gasteiger partial charge in [0.1, 0.15) is 11.4 Å². The van der Waals surface area contributed by atoms with E-state index < -0.39 is 0 Å². The largest absolute Gasteiger partial charge is 0.426 e. The minimum Gasteiger partial charge on any atom is -0.426 e. The van der Waals surface area contributed by atoms with Gasteiger partial charge >= 0.3 is 0 Å². The molecule has 0 amide bonds. The molecule has 2 aromatic carbocycles. The second kappa shape index (κ2) is 6.07. The molecule has 0 saturated carbocycles. The van der Waals surface area contributed by atoms with Crippen molar-refractivity contribution in [2.45, 2.75) is 13.8 Å². The van der Waals surface area contributed by atoms with E-state index in [9.17, 15) is 10.4 Å². The number of aryl methyl sites for hydroxylation is 2. The zero-order chi connectivity index (χ0) is 18.3. The molecule has 0 bridgehead atoms. The molecule has 2 heterocycles. The summed E-state index contributed by atoms with van der Waals surface area (Å²) in [5.74, 6) is 0.378. The van der Waals surface area contributed by atoms with Gasteiger partial charge in [-0.2, -0.15) is 9.46 Å². The van der Waals surface area contributed by atoms with Gasteiger partial charge in [0, 0.05) is 11.1 Å². The first-order valence-electron chi connectivity index (χ1n) is 8.26. The highest BCUT2D eigenvalue weighted by atomic mass is 16.5. The van der Waals surface area contributed by atoms with Crippen LogP contribution in [0.3, 0.4) is 0 Å². The molecule has 2 aromatic heterocycles. The Kier molecular flexibility index (Phi) is 3.73. The van der Waals surface area contributed by atoms with Crippen molar-refractivity contribution in [1.29, 1.82) is 0 Å². The molecule has 4 aromatic rings. The number of imidazole rings is 2. The van der Waals surface area contributed by atoms with E-state index in [1.807, 2.05) is 74.5 Å². The molecule has 130 valence electrons. The van der Waals surface area contributed by atoms with E-state index in [1.165, 1.54) is 0 Å². The maximum atomic E-state index is 10.7. The number of aromatic nitrogens is 4. The third-order valence-electron chi connectivity index (χ3n) is 4.35. The molecule has 4 rings (SSSR count). The van der Waals surface area contributed by atoms with E-state index in [0.717, 1.165) is 20.6 Å². The van der Waals surface area contributed by atoms with Crippen molar-refractivity contribution in [1.82, 2.24) is 19.4 Å². The minimum absolute atomic E-state index is 0.189. The molecule has 0 fully saturated rings. The van der Waals surface area contributed by atoms with Crippen molar-refractivity contribution in [3.05, 3.63) is 72.1 Å². The van der Waals surface area contributed by atoms with Gasteiger partial charge in [-0.15, -0.1) is 0 Å². The molecule has 26 heavy (non-hydrogen) atoms. The number of benzene rings is 2. The fourth-order valence-electron chi connectivity index (χ4n) is 3.18. The molecule has 0 saturated heterocycles. The molecule has 2 N–H and O–H groups in total. The Morgan fingerprint density at radius 3 is 1.31 bits per heavy atom. The van der Waals surface area contributed by atoms with Crippen LogP contribution in [0.25, 0.3) is 34.2 Å². The molecule has 0 aliphatic carbocycles. The van der Waals surface area contributed by atoms with Crippen molar-refractivity contribution in [3.63, 3.8) is 0 Å². The lowest BCUT2D eigenvalue weighted by Gasteiger charge is -2.06. The van der Waals surface area contributed by atoms with Gasteiger partial charge in [0.05, 0.1) is 11.4 Å². The molecular formula is C20H18N4O2. The molecule has 0 atom stereocenters. The number of hydrogen-bond donors (Lipinski definition) is 2. The Hall–Kier alpha value is -3.54. The Bertz CT molecular complexity index is 979. The van der Waals surface area contributed by atoms with E-state index in [0.29, 0.717) is 22.8 Å². The van der Waals surface area contributed by atoms with Gasteiger partial charge in [-0.1, -0.05) is 60.7 Å². The van der Waals surface area contributed by atoms with Gasteiger partial charge in [0.2, 0.25) is 11.6 Å². The molecule has 6 heteroatoms. The fourth-order valence-corrected chi connectivity index (χ4v) is 3.18. The highest BCUT2D eigenvalue weighted by Gasteiger charge is 2.24. The molecule has 0 spiro atoms. The Morgan fingerprint density at radius 2 is 0.962 bits per heavy atom. The summed E-state index contributed by atoms with van der Waals surface area (Å²) in [6.45, 7) is 3.63. The standard InChI is InChI=1S/C20H18N4O2/c1-13-17(15-9-5-3-6-10-15)23(25)19(21-13)20-22-14(2)18(24(20)26)16-11-7-4-8-12-16/h3-12,25-26H,1-2H3. The SMILES string of the molecule is Cc1nc(-c2nc(C)c(-c3ccccc3)n2O)n(O)c1-c1ccccc1. The van der Waals surface area contributed by atoms with Crippen molar-refractivity contribution < 1.29 is 10.4 Å². The fraction of sp³-hybridized carbons (Fsp3) is 0.100. The molecular weight excluding hydrogens is 328 g/mol. The lowest BCUT2D eigenvalue weighted by atomic mass is 10.1. The van der Waals surface area contributed by atoms with Crippen LogP contribution in [0.15, 0.2) is 60.7 Å². The summed E-state index contributed by atoms with van der Waals surface area (Å²) in [5, 5.41) is 21.4. The van der Waals surface area contributed by atoms with Gasteiger partial charge in [0.25, 0.3) is 0 Å². The lowest BCUT2D eigenvalue weighted by molar-refractivity contribution is 0.178. The number of hydrogen-bond acceptors (Lipinski definition) is 4. The van der Waals surface area contributed by atoms with Crippen LogP contribution in [0.4, 0.5) is 0 Å². The summed E-state index contributed by atoms with van der Waals surface area (Å²) in [6, 6.07) is 19.0. The molecule has 0 aliphatic rings. The summed E-state index contributed by atoms with van der Waals surface area (Å²) in [7, 11) is 0. The second-order valence-corrected chi connectivity index (χ2v) is 6.09. The van der Waals surface area contributed by atoms with Crippen LogP contribution >= 0.6 is 0 Å². The zero-order valence-electron chi connectivity index (χ0n) is 14.5. The van der Waals surface area contributed by atoms with Crippen LogP contribution in [0, 0.1) is 13.8 Å². The highest BCUT2D eigenvalue weighted by molar-refractivity contribution is 5.69. The van der Waals surface area contributed by atoms with E-state index in [4.69, 9.17) is 0 Å². The van der Waals surface area contributed by atoms with Crippen LogP contribution in [-0.4, -0.2) is 29.8 Å². The first kappa shape index (κ1) is 16.0. The van der Waals surface area contributed by atoms with Crippen molar-refractivity contribution in [2.75, 3.05) is 0 Å². The maximum Gasteiger partial charge on any atom is 0.215 e. The van der Waals surface area contributed by atoms with Gasteiger partial charge in [0.15, 0.2) is 0 Å². The molecule has 6 nitrogen and oxygen atoms in total. The predicted octanol–water partition coefficient (Wildman–Crippen LogP) is 4.17. The second-order valence-electron chi connectivity index (χ2n) is 6.09. The monoisotopic (exact) mass is 346 g/mol. The summed E-state index contributed by atoms with van der Waals surface area (Å²) >= 11 is 0. The lowest BCUT2D eigenvalue weighted by Crippen LogP contribution is -2.03. The van der Waals surface area contributed by atoms with Crippen LogP contribution in [0.5, 0.6) is 0 Å². The maximum absolute atomic E-state index is 10.7. The third-order valence-corrected chi connectivity index (χ3v) is 4.35.